The fourth-order valence-corrected chi connectivity index (χ4v) is 4.90. The van der Waals surface area contributed by atoms with Crippen LogP contribution in [0, 0.1) is 5.82 Å². The molecular formula is C22H16BrFN2O3S. The summed E-state index contributed by atoms with van der Waals surface area (Å²) in [6.45, 7) is 1.66. The van der Waals surface area contributed by atoms with Gasteiger partial charge in [-0.2, -0.15) is 0 Å². The highest BCUT2D eigenvalue weighted by molar-refractivity contribution is 9.10. The first kappa shape index (κ1) is 20.4. The zero-order valence-corrected chi connectivity index (χ0v) is 18.5. The molecule has 1 aliphatic heterocycles. The van der Waals surface area contributed by atoms with Crippen LogP contribution >= 0.6 is 27.3 Å². The lowest BCUT2D eigenvalue weighted by Crippen LogP contribution is -2.40. The number of halogens is 2. The van der Waals surface area contributed by atoms with Gasteiger partial charge in [0.25, 0.3) is 5.56 Å². The predicted octanol–water partition coefficient (Wildman–Crippen LogP) is 3.31. The van der Waals surface area contributed by atoms with Crippen molar-refractivity contribution in [1.29, 1.82) is 0 Å². The van der Waals surface area contributed by atoms with Crippen LogP contribution in [-0.2, 0) is 9.53 Å². The molecule has 1 atom stereocenters. The van der Waals surface area contributed by atoms with E-state index in [1.54, 1.807) is 31.2 Å². The monoisotopic (exact) mass is 486 g/mol. The summed E-state index contributed by atoms with van der Waals surface area (Å²) in [6.07, 6.45) is 1.75. The topological polar surface area (TPSA) is 60.7 Å². The van der Waals surface area contributed by atoms with Gasteiger partial charge in [0, 0.05) is 10.0 Å². The Morgan fingerprint density at radius 2 is 2.03 bits per heavy atom. The molecule has 0 amide bonds. The second-order valence-electron chi connectivity index (χ2n) is 6.65. The first-order chi connectivity index (χ1) is 14.4. The summed E-state index contributed by atoms with van der Waals surface area (Å²) in [6, 6.07) is 12.7. The Bertz CT molecular complexity index is 1370. The second-order valence-corrected chi connectivity index (χ2v) is 8.57. The molecule has 4 rings (SSSR count). The number of fused-ring (bicyclic) bond motifs is 1. The zero-order chi connectivity index (χ0) is 21.4. The number of carbonyl (C=O) groups excluding carboxylic acids is 1. The molecule has 0 radical (unpaired) electrons. The van der Waals surface area contributed by atoms with Crippen molar-refractivity contribution in [2.24, 2.45) is 4.99 Å². The summed E-state index contributed by atoms with van der Waals surface area (Å²) >= 11 is 4.62. The van der Waals surface area contributed by atoms with Crippen LogP contribution in [0.3, 0.4) is 0 Å². The van der Waals surface area contributed by atoms with Crippen LogP contribution in [0.2, 0.25) is 0 Å². The third-order valence-electron chi connectivity index (χ3n) is 4.77. The number of benzene rings is 2. The van der Waals surface area contributed by atoms with E-state index in [1.165, 1.54) is 29.1 Å². The SMILES string of the molecule is COC(=O)C1=C(C)N=c2s/c(=C/c3cccc(Br)c3)c(=O)n2[C@@H]1c1ccccc1F. The smallest absolute Gasteiger partial charge is 0.338 e. The van der Waals surface area contributed by atoms with Crippen molar-refractivity contribution in [2.45, 2.75) is 13.0 Å². The Morgan fingerprint density at radius 1 is 1.27 bits per heavy atom. The Kier molecular flexibility index (Phi) is 5.53. The van der Waals surface area contributed by atoms with Crippen LogP contribution in [0.15, 0.2) is 74.1 Å². The van der Waals surface area contributed by atoms with Crippen LogP contribution in [-0.4, -0.2) is 17.6 Å². The predicted molar refractivity (Wildman–Crippen MR) is 116 cm³/mol. The number of hydrogen-bond donors (Lipinski definition) is 0. The van der Waals surface area contributed by atoms with Crippen molar-refractivity contribution in [3.05, 3.63) is 101 Å². The summed E-state index contributed by atoms with van der Waals surface area (Å²) in [7, 11) is 1.25. The minimum atomic E-state index is -0.959. The highest BCUT2D eigenvalue weighted by atomic mass is 79.9. The van der Waals surface area contributed by atoms with Gasteiger partial charge in [-0.3, -0.25) is 9.36 Å². The number of carbonyl (C=O) groups is 1. The number of nitrogens with zero attached hydrogens (tertiary/aromatic N) is 2. The van der Waals surface area contributed by atoms with Gasteiger partial charge in [0.05, 0.1) is 22.9 Å². The average Bonchev–Trinajstić information content (AvgIpc) is 3.02. The maximum atomic E-state index is 14.7. The summed E-state index contributed by atoms with van der Waals surface area (Å²) in [5, 5.41) is 0. The van der Waals surface area contributed by atoms with Crippen LogP contribution in [0.25, 0.3) is 6.08 Å². The van der Waals surface area contributed by atoms with E-state index in [1.807, 2.05) is 24.3 Å². The number of thiazole rings is 1. The van der Waals surface area contributed by atoms with Gasteiger partial charge in [0.15, 0.2) is 4.80 Å². The molecule has 0 saturated heterocycles. The normalized spacial score (nSPS) is 16.3. The molecule has 30 heavy (non-hydrogen) atoms. The van der Waals surface area contributed by atoms with E-state index >= 15 is 0 Å². The first-order valence-corrected chi connectivity index (χ1v) is 10.6. The zero-order valence-electron chi connectivity index (χ0n) is 16.1. The molecule has 0 fully saturated rings. The number of hydrogen-bond acceptors (Lipinski definition) is 5. The lowest BCUT2D eigenvalue weighted by molar-refractivity contribution is -0.136. The third-order valence-corrected chi connectivity index (χ3v) is 6.25. The highest BCUT2D eigenvalue weighted by Crippen LogP contribution is 2.31. The number of methoxy groups -OCH3 is 1. The standard InChI is InChI=1S/C22H16BrFN2O3S/c1-12-18(21(28)29-2)19(15-8-3-4-9-16(15)24)26-20(27)17(30-22(26)25-12)11-13-6-5-7-14(23)10-13/h3-11,19H,1-2H3/b17-11+/t19-/m1/s1. The van der Waals surface area contributed by atoms with E-state index in [0.717, 1.165) is 10.0 Å². The second kappa shape index (κ2) is 8.12. The number of esters is 1. The summed E-state index contributed by atoms with van der Waals surface area (Å²) in [5.74, 6) is -1.16. The summed E-state index contributed by atoms with van der Waals surface area (Å²) < 4.78 is 22.3. The molecule has 8 heteroatoms. The first-order valence-electron chi connectivity index (χ1n) is 9.01. The molecule has 0 unspecified atom stereocenters. The number of allylic oxidation sites excluding steroid dienone is 1. The van der Waals surface area contributed by atoms with E-state index < -0.39 is 17.8 Å². The maximum Gasteiger partial charge on any atom is 0.338 e. The average molecular weight is 487 g/mol. The quantitative estimate of drug-likeness (QED) is 0.533. The van der Waals surface area contributed by atoms with E-state index in [0.29, 0.717) is 15.0 Å². The van der Waals surface area contributed by atoms with Gasteiger partial charge in [-0.05, 0) is 36.8 Å². The molecule has 5 nitrogen and oxygen atoms in total. The van der Waals surface area contributed by atoms with Gasteiger partial charge >= 0.3 is 5.97 Å². The van der Waals surface area contributed by atoms with Gasteiger partial charge < -0.3 is 4.74 Å². The van der Waals surface area contributed by atoms with Crippen molar-refractivity contribution < 1.29 is 13.9 Å². The van der Waals surface area contributed by atoms with Gasteiger partial charge in [-0.15, -0.1) is 0 Å². The molecule has 1 aromatic heterocycles. The molecular weight excluding hydrogens is 471 g/mol. The van der Waals surface area contributed by atoms with Crippen LogP contribution in [0.5, 0.6) is 0 Å². The van der Waals surface area contributed by atoms with E-state index in [2.05, 4.69) is 20.9 Å². The van der Waals surface area contributed by atoms with Gasteiger partial charge in [-0.25, -0.2) is 14.2 Å². The summed E-state index contributed by atoms with van der Waals surface area (Å²) in [4.78, 5) is 30.7. The Hall–Kier alpha value is -2.84. The van der Waals surface area contributed by atoms with Gasteiger partial charge in [-0.1, -0.05) is 57.6 Å². The molecule has 0 N–H and O–H groups in total. The molecule has 0 saturated carbocycles. The number of aromatic nitrogens is 1. The van der Waals surface area contributed by atoms with Crippen molar-refractivity contribution in [2.75, 3.05) is 7.11 Å². The van der Waals surface area contributed by atoms with Gasteiger partial charge in [0.2, 0.25) is 0 Å². The minimum Gasteiger partial charge on any atom is -0.466 e. The molecule has 0 spiro atoms. The number of ether oxygens (including phenoxy) is 1. The Morgan fingerprint density at radius 3 is 2.73 bits per heavy atom. The molecule has 2 heterocycles. The Labute approximate surface area is 183 Å². The Balaban J connectivity index is 2.01. The van der Waals surface area contributed by atoms with Crippen molar-refractivity contribution in [1.82, 2.24) is 4.57 Å². The molecule has 2 aromatic carbocycles. The van der Waals surface area contributed by atoms with E-state index in [4.69, 9.17) is 4.74 Å². The fourth-order valence-electron chi connectivity index (χ4n) is 3.43. The molecule has 152 valence electrons. The molecule has 3 aromatic rings. The molecule has 0 aliphatic carbocycles. The van der Waals surface area contributed by atoms with Crippen molar-refractivity contribution in [3.63, 3.8) is 0 Å². The molecule has 1 aliphatic rings. The van der Waals surface area contributed by atoms with Gasteiger partial charge in [0.1, 0.15) is 11.9 Å². The van der Waals surface area contributed by atoms with Crippen LogP contribution < -0.4 is 14.9 Å². The maximum absolute atomic E-state index is 14.7. The largest absolute Gasteiger partial charge is 0.466 e. The lowest BCUT2D eigenvalue weighted by atomic mass is 9.95. The van der Waals surface area contributed by atoms with E-state index in [-0.39, 0.29) is 16.7 Å². The fraction of sp³-hybridized carbons (Fsp3) is 0.136. The van der Waals surface area contributed by atoms with Crippen LogP contribution in [0.4, 0.5) is 4.39 Å². The third kappa shape index (κ3) is 3.57. The minimum absolute atomic E-state index is 0.143. The molecule has 0 bridgehead atoms. The van der Waals surface area contributed by atoms with Crippen molar-refractivity contribution in [3.8, 4) is 0 Å². The van der Waals surface area contributed by atoms with E-state index in [9.17, 15) is 14.0 Å². The van der Waals surface area contributed by atoms with Crippen molar-refractivity contribution >= 4 is 39.3 Å². The highest BCUT2D eigenvalue weighted by Gasteiger charge is 2.34. The lowest BCUT2D eigenvalue weighted by Gasteiger charge is -2.24. The summed E-state index contributed by atoms with van der Waals surface area (Å²) in [5.41, 5.74) is 1.23. The number of rotatable bonds is 3. The van der Waals surface area contributed by atoms with Crippen LogP contribution in [0.1, 0.15) is 24.1 Å².